The Morgan fingerprint density at radius 3 is 2.00 bits per heavy atom. The molecule has 4 nitrogen and oxygen atoms in total. The van der Waals surface area contributed by atoms with E-state index in [0.29, 0.717) is 0 Å². The molecule has 0 saturated heterocycles. The summed E-state index contributed by atoms with van der Waals surface area (Å²) in [5.74, 6) is -2.04. The molecule has 0 aliphatic heterocycles. The molecule has 1 rings (SSSR count). The van der Waals surface area contributed by atoms with E-state index in [-0.39, 0.29) is 13.2 Å². The number of rotatable bonds is 5. The van der Waals surface area contributed by atoms with Crippen LogP contribution in [0, 0.1) is 13.8 Å². The van der Waals surface area contributed by atoms with Gasteiger partial charge in [-0.15, -0.1) is 11.3 Å². The molecule has 0 atom stereocenters. The summed E-state index contributed by atoms with van der Waals surface area (Å²) in [6, 6.07) is 0. The third-order valence-corrected chi connectivity index (χ3v) is 3.59. The standard InChI is InChI=1S/C13H18O4S/c1-5-16-12(14)11(13(15)17-6-2)10-8(3)7-18-9(10)4/h7,11H,5-6H2,1-4H3. The van der Waals surface area contributed by atoms with Crippen LogP contribution in [-0.2, 0) is 19.1 Å². The first kappa shape index (κ1) is 14.7. The van der Waals surface area contributed by atoms with Crippen LogP contribution < -0.4 is 0 Å². The van der Waals surface area contributed by atoms with Crippen LogP contribution in [0.25, 0.3) is 0 Å². The molecular formula is C13H18O4S. The van der Waals surface area contributed by atoms with Gasteiger partial charge in [0.25, 0.3) is 0 Å². The van der Waals surface area contributed by atoms with Gasteiger partial charge in [0, 0.05) is 4.88 Å². The van der Waals surface area contributed by atoms with E-state index in [1.807, 2.05) is 19.2 Å². The predicted molar refractivity (Wildman–Crippen MR) is 69.8 cm³/mol. The number of carbonyl (C=O) groups is 2. The van der Waals surface area contributed by atoms with Gasteiger partial charge in [-0.05, 0) is 44.2 Å². The minimum atomic E-state index is -0.962. The largest absolute Gasteiger partial charge is 0.465 e. The van der Waals surface area contributed by atoms with Crippen molar-refractivity contribution in [3.8, 4) is 0 Å². The molecule has 0 amide bonds. The zero-order valence-corrected chi connectivity index (χ0v) is 11.9. The first-order chi connectivity index (χ1) is 8.52. The van der Waals surface area contributed by atoms with Gasteiger partial charge < -0.3 is 9.47 Å². The van der Waals surface area contributed by atoms with E-state index < -0.39 is 17.9 Å². The average Bonchev–Trinajstić information content (AvgIpc) is 2.62. The summed E-state index contributed by atoms with van der Waals surface area (Å²) in [5, 5.41) is 1.93. The number of thiophene rings is 1. The lowest BCUT2D eigenvalue weighted by molar-refractivity contribution is -0.156. The van der Waals surface area contributed by atoms with E-state index in [1.54, 1.807) is 13.8 Å². The molecule has 0 aliphatic rings. The predicted octanol–water partition coefficient (Wildman–Crippen LogP) is 2.57. The van der Waals surface area contributed by atoms with Crippen molar-refractivity contribution in [1.82, 2.24) is 0 Å². The minimum absolute atomic E-state index is 0.247. The zero-order valence-electron chi connectivity index (χ0n) is 11.1. The molecule has 100 valence electrons. The van der Waals surface area contributed by atoms with Crippen molar-refractivity contribution in [2.75, 3.05) is 13.2 Å². The molecule has 0 aromatic carbocycles. The third-order valence-electron chi connectivity index (χ3n) is 2.55. The van der Waals surface area contributed by atoms with Gasteiger partial charge in [-0.1, -0.05) is 0 Å². The Morgan fingerprint density at radius 1 is 1.17 bits per heavy atom. The summed E-state index contributed by atoms with van der Waals surface area (Å²) >= 11 is 1.51. The normalized spacial score (nSPS) is 10.5. The van der Waals surface area contributed by atoms with Crippen molar-refractivity contribution in [3.05, 3.63) is 21.4 Å². The van der Waals surface area contributed by atoms with Crippen molar-refractivity contribution < 1.29 is 19.1 Å². The third kappa shape index (κ3) is 3.10. The van der Waals surface area contributed by atoms with Gasteiger partial charge in [0.1, 0.15) is 0 Å². The van der Waals surface area contributed by atoms with Crippen LogP contribution >= 0.6 is 11.3 Å². The number of hydrogen-bond donors (Lipinski definition) is 0. The highest BCUT2D eigenvalue weighted by atomic mass is 32.1. The Labute approximate surface area is 111 Å². The van der Waals surface area contributed by atoms with Crippen LogP contribution in [-0.4, -0.2) is 25.2 Å². The average molecular weight is 270 g/mol. The van der Waals surface area contributed by atoms with Gasteiger partial charge in [-0.2, -0.15) is 0 Å². The number of hydrogen-bond acceptors (Lipinski definition) is 5. The van der Waals surface area contributed by atoms with Gasteiger partial charge >= 0.3 is 11.9 Å². The van der Waals surface area contributed by atoms with E-state index in [9.17, 15) is 9.59 Å². The molecule has 1 aromatic heterocycles. The van der Waals surface area contributed by atoms with Crippen LogP contribution in [0.2, 0.25) is 0 Å². The summed E-state index contributed by atoms with van der Waals surface area (Å²) in [7, 11) is 0. The Kier molecular flexibility index (Phi) is 5.34. The summed E-state index contributed by atoms with van der Waals surface area (Å²) in [6.45, 7) is 7.69. The van der Waals surface area contributed by atoms with Gasteiger partial charge in [0.05, 0.1) is 13.2 Å². The Balaban J connectivity index is 3.12. The highest BCUT2D eigenvalue weighted by Crippen LogP contribution is 2.30. The monoisotopic (exact) mass is 270 g/mol. The van der Waals surface area contributed by atoms with Crippen LogP contribution in [0.5, 0.6) is 0 Å². The molecular weight excluding hydrogens is 252 g/mol. The Morgan fingerprint density at radius 2 is 1.67 bits per heavy atom. The molecule has 0 unspecified atom stereocenters. The van der Waals surface area contributed by atoms with E-state index in [2.05, 4.69) is 0 Å². The molecule has 5 heteroatoms. The molecule has 0 radical (unpaired) electrons. The fraction of sp³-hybridized carbons (Fsp3) is 0.538. The lowest BCUT2D eigenvalue weighted by Crippen LogP contribution is -2.26. The zero-order chi connectivity index (χ0) is 13.7. The first-order valence-corrected chi connectivity index (χ1v) is 6.78. The van der Waals surface area contributed by atoms with E-state index >= 15 is 0 Å². The highest BCUT2D eigenvalue weighted by molar-refractivity contribution is 7.10. The number of carbonyl (C=O) groups excluding carboxylic acids is 2. The maximum Gasteiger partial charge on any atom is 0.324 e. The summed E-state index contributed by atoms with van der Waals surface area (Å²) < 4.78 is 9.94. The fourth-order valence-electron chi connectivity index (χ4n) is 1.80. The number of esters is 2. The van der Waals surface area contributed by atoms with E-state index in [0.717, 1.165) is 16.0 Å². The molecule has 0 bridgehead atoms. The summed E-state index contributed by atoms with van der Waals surface area (Å²) in [4.78, 5) is 24.8. The second-order valence-electron chi connectivity index (χ2n) is 3.83. The molecule has 1 aromatic rings. The first-order valence-electron chi connectivity index (χ1n) is 5.90. The maximum absolute atomic E-state index is 11.9. The second kappa shape index (κ2) is 6.54. The topological polar surface area (TPSA) is 52.6 Å². The maximum atomic E-state index is 11.9. The van der Waals surface area contributed by atoms with Crippen LogP contribution in [0.4, 0.5) is 0 Å². The van der Waals surface area contributed by atoms with Crippen molar-refractivity contribution >= 4 is 23.3 Å². The lowest BCUT2D eigenvalue weighted by atomic mass is 9.96. The molecule has 0 aliphatic carbocycles. The van der Waals surface area contributed by atoms with E-state index in [1.165, 1.54) is 11.3 Å². The molecule has 1 heterocycles. The van der Waals surface area contributed by atoms with Crippen LogP contribution in [0.1, 0.15) is 35.8 Å². The molecule has 0 fully saturated rings. The highest BCUT2D eigenvalue weighted by Gasteiger charge is 2.34. The molecule has 18 heavy (non-hydrogen) atoms. The SMILES string of the molecule is CCOC(=O)C(C(=O)OCC)c1c(C)csc1C. The lowest BCUT2D eigenvalue weighted by Gasteiger charge is -2.15. The van der Waals surface area contributed by atoms with Gasteiger partial charge in [0.15, 0.2) is 5.92 Å². The fourth-order valence-corrected chi connectivity index (χ4v) is 2.68. The van der Waals surface area contributed by atoms with Crippen molar-refractivity contribution in [2.24, 2.45) is 0 Å². The smallest absolute Gasteiger partial charge is 0.324 e. The Hall–Kier alpha value is -1.36. The molecule has 0 spiro atoms. The molecule has 0 N–H and O–H groups in total. The van der Waals surface area contributed by atoms with E-state index in [4.69, 9.17) is 9.47 Å². The summed E-state index contributed by atoms with van der Waals surface area (Å²) in [6.07, 6.45) is 0. The van der Waals surface area contributed by atoms with Gasteiger partial charge in [0.2, 0.25) is 0 Å². The number of ether oxygens (including phenoxy) is 2. The van der Waals surface area contributed by atoms with Crippen molar-refractivity contribution in [3.63, 3.8) is 0 Å². The Bertz CT molecular complexity index is 399. The van der Waals surface area contributed by atoms with Crippen LogP contribution in [0.3, 0.4) is 0 Å². The summed E-state index contributed by atoms with van der Waals surface area (Å²) in [5.41, 5.74) is 1.64. The van der Waals surface area contributed by atoms with Gasteiger partial charge in [-0.3, -0.25) is 9.59 Å². The quantitative estimate of drug-likeness (QED) is 0.609. The van der Waals surface area contributed by atoms with Crippen LogP contribution in [0.15, 0.2) is 5.38 Å². The molecule has 0 saturated carbocycles. The van der Waals surface area contributed by atoms with Crippen molar-refractivity contribution in [2.45, 2.75) is 33.6 Å². The van der Waals surface area contributed by atoms with Gasteiger partial charge in [-0.25, -0.2) is 0 Å². The second-order valence-corrected chi connectivity index (χ2v) is 4.91. The van der Waals surface area contributed by atoms with Crippen molar-refractivity contribution in [1.29, 1.82) is 0 Å². The minimum Gasteiger partial charge on any atom is -0.465 e. The number of aryl methyl sites for hydroxylation is 2.